The number of rotatable bonds is 8. The van der Waals surface area contributed by atoms with E-state index in [1.807, 2.05) is 97.2 Å². The Balaban J connectivity index is 1.34. The van der Waals surface area contributed by atoms with Crippen LogP contribution in [0.15, 0.2) is 95.5 Å². The molecule has 0 bridgehead atoms. The molecule has 1 atom stereocenters. The predicted octanol–water partition coefficient (Wildman–Crippen LogP) is 6.46. The molecule has 0 spiro atoms. The van der Waals surface area contributed by atoms with Crippen LogP contribution in [0.25, 0.3) is 33.8 Å². The van der Waals surface area contributed by atoms with Crippen molar-refractivity contribution in [3.63, 3.8) is 0 Å². The number of nitrogens with one attached hydrogen (secondary N) is 1. The first-order valence-corrected chi connectivity index (χ1v) is 13.3. The molecule has 1 N–H and O–H groups in total. The van der Waals surface area contributed by atoms with Crippen molar-refractivity contribution in [2.45, 2.75) is 17.3 Å². The molecule has 0 aliphatic heterocycles. The van der Waals surface area contributed by atoms with Crippen molar-refractivity contribution in [1.29, 1.82) is 0 Å². The minimum Gasteiger partial charge on any atom is -0.496 e. The summed E-state index contributed by atoms with van der Waals surface area (Å²) in [6.45, 7) is 1.81. The Labute approximate surface area is 223 Å². The molecule has 2 aromatic heterocycles. The lowest BCUT2D eigenvalue weighted by Crippen LogP contribution is -2.22. The molecule has 5 aromatic rings. The summed E-state index contributed by atoms with van der Waals surface area (Å²) in [4.78, 5) is 22.3. The molecule has 7 nitrogen and oxygen atoms in total. The summed E-state index contributed by atoms with van der Waals surface area (Å²) in [5.41, 5.74) is 4.89. The Bertz CT molecular complexity index is 1510. The summed E-state index contributed by atoms with van der Waals surface area (Å²) in [7, 11) is 1.62. The molecular weight excluding hydrogens is 502 g/mol. The predicted molar refractivity (Wildman–Crippen MR) is 149 cm³/mol. The minimum atomic E-state index is -0.466. The van der Waals surface area contributed by atoms with Crippen LogP contribution in [0.3, 0.4) is 0 Å². The molecule has 0 saturated heterocycles. The average Bonchev–Trinajstić information content (AvgIpc) is 3.42. The van der Waals surface area contributed by atoms with Crippen LogP contribution in [0.2, 0.25) is 0 Å². The third-order valence-corrected chi connectivity index (χ3v) is 7.24. The van der Waals surface area contributed by atoms with Crippen molar-refractivity contribution in [1.82, 2.24) is 20.2 Å². The van der Waals surface area contributed by atoms with Gasteiger partial charge in [0.2, 0.25) is 11.1 Å². The van der Waals surface area contributed by atoms with Crippen LogP contribution >= 0.6 is 23.1 Å². The van der Waals surface area contributed by atoms with Gasteiger partial charge >= 0.3 is 0 Å². The fraction of sp³-hybridized carbons (Fsp3) is 0.107. The highest BCUT2D eigenvalue weighted by molar-refractivity contribution is 8.00. The van der Waals surface area contributed by atoms with E-state index in [1.54, 1.807) is 7.11 Å². The zero-order valence-corrected chi connectivity index (χ0v) is 21.8. The Hall–Kier alpha value is -4.08. The Morgan fingerprint density at radius 1 is 0.865 bits per heavy atom. The van der Waals surface area contributed by atoms with Crippen molar-refractivity contribution in [3.8, 4) is 39.5 Å². The number of carbonyl (C=O) groups is 1. The van der Waals surface area contributed by atoms with Crippen molar-refractivity contribution in [2.75, 3.05) is 12.4 Å². The highest BCUT2D eigenvalue weighted by Gasteiger charge is 2.20. The van der Waals surface area contributed by atoms with Gasteiger partial charge in [0.05, 0.1) is 18.1 Å². The highest BCUT2D eigenvalue weighted by atomic mass is 32.2. The molecule has 0 fully saturated rings. The van der Waals surface area contributed by atoms with E-state index in [1.165, 1.54) is 23.1 Å². The number of hydrogen-bond acceptors (Lipinski definition) is 8. The van der Waals surface area contributed by atoms with Gasteiger partial charge in [-0.3, -0.25) is 4.79 Å². The van der Waals surface area contributed by atoms with Crippen molar-refractivity contribution >= 4 is 34.1 Å². The van der Waals surface area contributed by atoms with Gasteiger partial charge in [-0.05, 0) is 19.1 Å². The van der Waals surface area contributed by atoms with E-state index in [4.69, 9.17) is 9.72 Å². The molecule has 0 aliphatic carbocycles. The number of anilines is 1. The maximum Gasteiger partial charge on any atom is 0.239 e. The number of carbonyl (C=O) groups excluding carboxylic acids is 1. The van der Waals surface area contributed by atoms with Gasteiger partial charge in [-0.15, -0.1) is 21.5 Å². The van der Waals surface area contributed by atoms with E-state index in [9.17, 15) is 4.79 Å². The normalized spacial score (nSPS) is 11.6. The molecule has 5 rings (SSSR count). The smallest absolute Gasteiger partial charge is 0.239 e. The van der Waals surface area contributed by atoms with Crippen LogP contribution < -0.4 is 10.1 Å². The van der Waals surface area contributed by atoms with E-state index in [0.717, 1.165) is 33.8 Å². The molecule has 1 unspecified atom stereocenters. The van der Waals surface area contributed by atoms with E-state index < -0.39 is 5.25 Å². The Morgan fingerprint density at radius 2 is 1.51 bits per heavy atom. The topological polar surface area (TPSA) is 89.9 Å². The first-order chi connectivity index (χ1) is 18.1. The first-order valence-electron chi connectivity index (χ1n) is 11.5. The summed E-state index contributed by atoms with van der Waals surface area (Å²) >= 11 is 2.62. The van der Waals surface area contributed by atoms with Crippen LogP contribution in [0.1, 0.15) is 6.92 Å². The lowest BCUT2D eigenvalue weighted by atomic mass is 10.0. The zero-order valence-electron chi connectivity index (χ0n) is 20.2. The number of nitrogens with zero attached hydrogens (tertiary/aromatic N) is 4. The van der Waals surface area contributed by atoms with E-state index in [2.05, 4.69) is 20.5 Å². The molecule has 37 heavy (non-hydrogen) atoms. The number of ether oxygens (including phenoxy) is 1. The summed E-state index contributed by atoms with van der Waals surface area (Å²) in [5.74, 6) is 0.537. The second-order valence-corrected chi connectivity index (χ2v) is 10.2. The van der Waals surface area contributed by atoms with Crippen molar-refractivity contribution < 1.29 is 9.53 Å². The molecule has 184 valence electrons. The summed E-state index contributed by atoms with van der Waals surface area (Å²) in [5, 5.41) is 14.1. The largest absolute Gasteiger partial charge is 0.496 e. The minimum absolute atomic E-state index is 0.192. The number of thiazole rings is 1. The molecule has 0 aliphatic rings. The maximum absolute atomic E-state index is 13.0. The first kappa shape index (κ1) is 24.6. The van der Waals surface area contributed by atoms with Crippen LogP contribution in [-0.4, -0.2) is 38.4 Å². The summed E-state index contributed by atoms with van der Waals surface area (Å²) < 4.78 is 5.43. The van der Waals surface area contributed by atoms with Crippen molar-refractivity contribution in [3.05, 3.63) is 90.3 Å². The number of thioether (sulfide) groups is 1. The number of benzene rings is 3. The monoisotopic (exact) mass is 525 g/mol. The average molecular weight is 526 g/mol. The third-order valence-electron chi connectivity index (χ3n) is 5.53. The SMILES string of the molecule is COc1ccccc1-c1csc(NC(=O)C(C)Sc2nnc(-c3ccccc3)c(-c3ccccc3)n2)n1. The van der Waals surface area contributed by atoms with Crippen LogP contribution in [0, 0.1) is 0 Å². The van der Waals surface area contributed by atoms with Gasteiger partial charge in [-0.2, -0.15) is 0 Å². The second-order valence-electron chi connectivity index (χ2n) is 8.01. The molecule has 3 aromatic carbocycles. The van der Waals surface area contributed by atoms with E-state index in [0.29, 0.717) is 16.0 Å². The number of hydrogen-bond donors (Lipinski definition) is 1. The van der Waals surface area contributed by atoms with Crippen LogP contribution in [0.4, 0.5) is 5.13 Å². The Kier molecular flexibility index (Phi) is 7.53. The van der Waals surface area contributed by atoms with Gasteiger partial charge in [0.25, 0.3) is 0 Å². The zero-order chi connectivity index (χ0) is 25.6. The quantitative estimate of drug-likeness (QED) is 0.233. The van der Waals surface area contributed by atoms with Gasteiger partial charge in [0.1, 0.15) is 17.1 Å². The Morgan fingerprint density at radius 3 is 2.22 bits per heavy atom. The molecule has 1 amide bonds. The van der Waals surface area contributed by atoms with Gasteiger partial charge in [0, 0.05) is 22.1 Å². The van der Waals surface area contributed by atoms with Gasteiger partial charge in [-0.25, -0.2) is 9.97 Å². The second kappa shape index (κ2) is 11.3. The fourth-order valence-corrected chi connectivity index (χ4v) is 5.11. The lowest BCUT2D eigenvalue weighted by molar-refractivity contribution is -0.115. The fourth-order valence-electron chi connectivity index (χ4n) is 3.68. The van der Waals surface area contributed by atoms with Crippen molar-refractivity contribution in [2.24, 2.45) is 0 Å². The van der Waals surface area contributed by atoms with Crippen LogP contribution in [-0.2, 0) is 4.79 Å². The molecule has 9 heteroatoms. The molecule has 0 radical (unpaired) electrons. The molecule has 2 heterocycles. The van der Waals surface area contributed by atoms with E-state index in [-0.39, 0.29) is 5.91 Å². The lowest BCUT2D eigenvalue weighted by Gasteiger charge is -2.12. The number of para-hydroxylation sites is 1. The summed E-state index contributed by atoms with van der Waals surface area (Å²) in [6.07, 6.45) is 0. The van der Waals surface area contributed by atoms with E-state index >= 15 is 0 Å². The summed E-state index contributed by atoms with van der Waals surface area (Å²) in [6, 6.07) is 27.3. The maximum atomic E-state index is 13.0. The third kappa shape index (κ3) is 5.68. The number of methoxy groups -OCH3 is 1. The molecule has 0 saturated carbocycles. The van der Waals surface area contributed by atoms with Gasteiger partial charge < -0.3 is 10.1 Å². The molecular formula is C28H23N5O2S2. The van der Waals surface area contributed by atoms with Gasteiger partial charge in [0.15, 0.2) is 5.13 Å². The highest BCUT2D eigenvalue weighted by Crippen LogP contribution is 2.33. The standard InChI is InChI=1S/C28H23N5O2S2/c1-18(26(34)31-27-29-22(17-36-27)21-15-9-10-16-23(21)35-2)37-28-30-24(19-11-5-3-6-12-19)25(32-33-28)20-13-7-4-8-14-20/h3-18H,1-2H3,(H,29,31,34). The van der Waals surface area contributed by atoms with Gasteiger partial charge in [-0.1, -0.05) is 84.6 Å². The number of amides is 1. The van der Waals surface area contributed by atoms with Crippen LogP contribution in [0.5, 0.6) is 5.75 Å². The number of aromatic nitrogens is 4.